The Balaban J connectivity index is 0.000000274. The van der Waals surface area contributed by atoms with Crippen LogP contribution in [-0.2, 0) is 12.8 Å². The van der Waals surface area contributed by atoms with Gasteiger partial charge in [0.05, 0.1) is 5.71 Å². The molecule has 3 heteroatoms. The molecule has 0 aliphatic heterocycles. The van der Waals surface area contributed by atoms with Crippen LogP contribution in [0.2, 0.25) is 0 Å². The van der Waals surface area contributed by atoms with E-state index in [1.807, 2.05) is 91.0 Å². The molecule has 0 fully saturated rings. The summed E-state index contributed by atoms with van der Waals surface area (Å²) in [6.45, 7) is 0. The SMILES string of the molecule is N=Cc1cccc(-c2cc(-c3cccc(C(=N)C=C(c4ccccc4)c4ccccc4)c3)cc3c2oc2ccccc23)c1.c1ccc(CCc2ccccc2)cc1. The minimum atomic E-state index is 0.443. The third-order valence-corrected chi connectivity index (χ3v) is 10.2. The first kappa shape index (κ1) is 36.6. The number of para-hydroxylation sites is 1. The first-order chi connectivity index (χ1) is 28.1. The van der Waals surface area contributed by atoms with E-state index in [9.17, 15) is 0 Å². The molecule has 0 radical (unpaired) electrons. The molecule has 3 nitrogen and oxygen atoms in total. The van der Waals surface area contributed by atoms with E-state index in [2.05, 4.69) is 121 Å². The highest BCUT2D eigenvalue weighted by Crippen LogP contribution is 2.40. The molecular weight excluding hydrogens is 693 g/mol. The van der Waals surface area contributed by atoms with Gasteiger partial charge in [0.1, 0.15) is 11.2 Å². The molecule has 8 aromatic carbocycles. The van der Waals surface area contributed by atoms with Gasteiger partial charge in [0.2, 0.25) is 0 Å². The van der Waals surface area contributed by atoms with Crippen molar-refractivity contribution >= 4 is 39.4 Å². The highest BCUT2D eigenvalue weighted by molar-refractivity contribution is 6.13. The van der Waals surface area contributed by atoms with E-state index in [1.54, 1.807) is 0 Å². The van der Waals surface area contributed by atoms with Crippen molar-refractivity contribution in [3.63, 3.8) is 0 Å². The van der Waals surface area contributed by atoms with E-state index in [0.29, 0.717) is 5.71 Å². The quantitative estimate of drug-likeness (QED) is 0.135. The maximum atomic E-state index is 9.14. The van der Waals surface area contributed by atoms with Crippen LogP contribution in [0.1, 0.15) is 33.4 Å². The summed E-state index contributed by atoms with van der Waals surface area (Å²) in [4.78, 5) is 0. The van der Waals surface area contributed by atoms with Crippen molar-refractivity contribution in [1.82, 2.24) is 0 Å². The second kappa shape index (κ2) is 17.4. The molecule has 0 atom stereocenters. The van der Waals surface area contributed by atoms with E-state index in [4.69, 9.17) is 15.2 Å². The lowest BCUT2D eigenvalue weighted by molar-refractivity contribution is 0.670. The number of rotatable bonds is 10. The number of hydrogen-bond donors (Lipinski definition) is 2. The molecule has 274 valence electrons. The minimum Gasteiger partial charge on any atom is -0.455 e. The van der Waals surface area contributed by atoms with Crippen LogP contribution in [0, 0.1) is 10.8 Å². The molecule has 0 amide bonds. The second-order valence-electron chi connectivity index (χ2n) is 14.0. The number of nitrogens with one attached hydrogen (secondary N) is 2. The minimum absolute atomic E-state index is 0.443. The second-order valence-corrected chi connectivity index (χ2v) is 14.0. The molecule has 0 spiro atoms. The molecule has 9 aromatic rings. The molecule has 1 heterocycles. The van der Waals surface area contributed by atoms with Crippen molar-refractivity contribution in [3.05, 3.63) is 246 Å². The van der Waals surface area contributed by atoms with Crippen molar-refractivity contribution in [1.29, 1.82) is 10.8 Å². The van der Waals surface area contributed by atoms with Gasteiger partial charge in [-0.25, -0.2) is 0 Å². The van der Waals surface area contributed by atoms with Crippen LogP contribution in [0.25, 0.3) is 49.8 Å². The van der Waals surface area contributed by atoms with Crippen molar-refractivity contribution in [2.24, 2.45) is 0 Å². The normalized spacial score (nSPS) is 10.7. The van der Waals surface area contributed by atoms with Gasteiger partial charge in [-0.15, -0.1) is 0 Å². The first-order valence-electron chi connectivity index (χ1n) is 19.3. The molecule has 0 aliphatic rings. The Bertz CT molecular complexity index is 2720. The summed E-state index contributed by atoms with van der Waals surface area (Å²) in [5.74, 6) is 0. The molecule has 0 saturated carbocycles. The lowest BCUT2D eigenvalue weighted by Crippen LogP contribution is -1.98. The Hall–Kier alpha value is -7.36. The molecule has 9 rings (SSSR count). The third-order valence-electron chi connectivity index (χ3n) is 10.2. The van der Waals surface area contributed by atoms with Crippen molar-refractivity contribution < 1.29 is 4.42 Å². The summed E-state index contributed by atoms with van der Waals surface area (Å²) < 4.78 is 6.39. The summed E-state index contributed by atoms with van der Waals surface area (Å²) in [7, 11) is 0. The Morgan fingerprint density at radius 2 is 1.00 bits per heavy atom. The Kier molecular flexibility index (Phi) is 11.2. The van der Waals surface area contributed by atoms with Crippen LogP contribution in [0.4, 0.5) is 0 Å². The van der Waals surface area contributed by atoms with Crippen LogP contribution in [0.15, 0.2) is 217 Å². The highest BCUT2D eigenvalue weighted by Gasteiger charge is 2.16. The summed E-state index contributed by atoms with van der Waals surface area (Å²) in [5, 5.41) is 19.0. The highest BCUT2D eigenvalue weighted by atomic mass is 16.3. The topological polar surface area (TPSA) is 60.8 Å². The molecule has 0 unspecified atom stereocenters. The molecular formula is C54H42N2O. The number of hydrogen-bond acceptors (Lipinski definition) is 3. The molecule has 0 saturated heterocycles. The zero-order valence-corrected chi connectivity index (χ0v) is 31.6. The van der Waals surface area contributed by atoms with E-state index in [1.165, 1.54) is 17.3 Å². The van der Waals surface area contributed by atoms with Crippen LogP contribution in [-0.4, -0.2) is 11.9 Å². The Labute approximate surface area is 334 Å². The van der Waals surface area contributed by atoms with Gasteiger partial charge in [-0.3, -0.25) is 0 Å². The summed E-state index contributed by atoms with van der Waals surface area (Å²) in [5.41, 5.74) is 13.8. The van der Waals surface area contributed by atoms with E-state index >= 15 is 0 Å². The van der Waals surface area contributed by atoms with Gasteiger partial charge < -0.3 is 15.2 Å². The number of aryl methyl sites for hydroxylation is 2. The predicted octanol–water partition coefficient (Wildman–Crippen LogP) is 13.9. The maximum Gasteiger partial charge on any atom is 0.143 e. The molecule has 57 heavy (non-hydrogen) atoms. The van der Waals surface area contributed by atoms with E-state index < -0.39 is 0 Å². The Morgan fingerprint density at radius 3 is 1.63 bits per heavy atom. The monoisotopic (exact) mass is 734 g/mol. The van der Waals surface area contributed by atoms with Crippen LogP contribution >= 0.6 is 0 Å². The summed E-state index contributed by atoms with van der Waals surface area (Å²) in [6.07, 6.45) is 5.59. The summed E-state index contributed by atoms with van der Waals surface area (Å²) in [6, 6.07) is 70.4. The average molecular weight is 735 g/mol. The molecule has 0 bridgehead atoms. The first-order valence-corrected chi connectivity index (χ1v) is 19.3. The number of allylic oxidation sites excluding steroid dienone is 1. The van der Waals surface area contributed by atoms with Gasteiger partial charge in [0.25, 0.3) is 0 Å². The fraction of sp³-hybridized carbons (Fsp3) is 0.0370. The maximum absolute atomic E-state index is 9.14. The van der Waals surface area contributed by atoms with Crippen LogP contribution in [0.5, 0.6) is 0 Å². The molecule has 0 aliphatic carbocycles. The lowest BCUT2D eigenvalue weighted by atomic mass is 9.92. The fourth-order valence-electron chi connectivity index (χ4n) is 7.24. The largest absolute Gasteiger partial charge is 0.455 e. The number of fused-ring (bicyclic) bond motifs is 3. The average Bonchev–Trinajstić information content (AvgIpc) is 3.67. The van der Waals surface area contributed by atoms with Crippen molar-refractivity contribution in [3.8, 4) is 22.3 Å². The smallest absolute Gasteiger partial charge is 0.143 e. The third kappa shape index (κ3) is 8.64. The fourth-order valence-corrected chi connectivity index (χ4v) is 7.24. The zero-order valence-electron chi connectivity index (χ0n) is 31.6. The van der Waals surface area contributed by atoms with E-state index in [0.717, 1.165) is 84.9 Å². The van der Waals surface area contributed by atoms with Gasteiger partial charge in [0.15, 0.2) is 0 Å². The van der Waals surface area contributed by atoms with Gasteiger partial charge in [0, 0.05) is 28.1 Å². The standard InChI is InChI=1S/C40H28N2O.C14H14/c41-26-27-11-9-17-31(21-27)36-23-33(24-37-34-19-7-8-20-39(34)43-40(36)37)30-16-10-18-32(22-30)38(42)25-35(28-12-3-1-4-13-28)29-14-5-2-6-15-29;1-3-7-13(8-4-1)11-12-14-9-5-2-6-10-14/h1-26,41-42H;1-10H,11-12H2. The lowest BCUT2D eigenvalue weighted by Gasteiger charge is -2.12. The van der Waals surface area contributed by atoms with Crippen LogP contribution < -0.4 is 0 Å². The zero-order chi connectivity index (χ0) is 38.8. The number of furan rings is 1. The van der Waals surface area contributed by atoms with Crippen LogP contribution in [0.3, 0.4) is 0 Å². The van der Waals surface area contributed by atoms with Gasteiger partial charge >= 0.3 is 0 Å². The molecule has 2 N–H and O–H groups in total. The Morgan fingerprint density at radius 1 is 0.456 bits per heavy atom. The van der Waals surface area contributed by atoms with E-state index in [-0.39, 0.29) is 0 Å². The number of benzene rings is 8. The molecule has 1 aromatic heterocycles. The summed E-state index contributed by atoms with van der Waals surface area (Å²) >= 11 is 0. The van der Waals surface area contributed by atoms with Gasteiger partial charge in [-0.05, 0) is 99.3 Å². The van der Waals surface area contributed by atoms with Gasteiger partial charge in [-0.2, -0.15) is 0 Å². The van der Waals surface area contributed by atoms with Crippen molar-refractivity contribution in [2.75, 3.05) is 0 Å². The van der Waals surface area contributed by atoms with Gasteiger partial charge in [-0.1, -0.05) is 176 Å². The predicted molar refractivity (Wildman–Crippen MR) is 240 cm³/mol. The van der Waals surface area contributed by atoms with Crippen molar-refractivity contribution in [2.45, 2.75) is 12.8 Å².